The first-order valence-corrected chi connectivity index (χ1v) is 11.8. The summed E-state index contributed by atoms with van der Waals surface area (Å²) in [5.41, 5.74) is 2.49. The van der Waals surface area contributed by atoms with Crippen LogP contribution in [0.3, 0.4) is 0 Å². The van der Waals surface area contributed by atoms with E-state index in [0.29, 0.717) is 37.6 Å². The van der Waals surface area contributed by atoms with Gasteiger partial charge < -0.3 is 9.32 Å². The molecule has 3 aromatic carbocycles. The normalized spacial score (nSPS) is 15.1. The number of hydrogen-bond donors (Lipinski definition) is 0. The second-order valence-electron chi connectivity index (χ2n) is 7.53. The average molecular weight is 447 g/mol. The highest BCUT2D eigenvalue weighted by atomic mass is 32.2. The molecule has 1 aromatic heterocycles. The first kappa shape index (κ1) is 20.4. The summed E-state index contributed by atoms with van der Waals surface area (Å²) in [4.78, 5) is 2.43. The van der Waals surface area contributed by atoms with Gasteiger partial charge in [0.25, 0.3) is 0 Å². The topological polar surface area (TPSA) is 79.5 Å². The summed E-state index contributed by atoms with van der Waals surface area (Å²) in [7, 11) is -3.63. The molecule has 2 heterocycles. The van der Waals surface area contributed by atoms with Crippen LogP contribution < -0.4 is 4.90 Å². The smallest absolute Gasteiger partial charge is 0.248 e. The number of piperazine rings is 1. The van der Waals surface area contributed by atoms with E-state index in [0.717, 1.165) is 11.3 Å². The van der Waals surface area contributed by atoms with Crippen LogP contribution in [0.25, 0.3) is 22.9 Å². The monoisotopic (exact) mass is 446 g/mol. The molecule has 1 aliphatic rings. The molecule has 0 aliphatic carbocycles. The van der Waals surface area contributed by atoms with Gasteiger partial charge in [0.15, 0.2) is 0 Å². The van der Waals surface area contributed by atoms with Crippen LogP contribution in [0.2, 0.25) is 0 Å². The molecule has 0 spiro atoms. The lowest BCUT2D eigenvalue weighted by molar-refractivity contribution is 0.385. The Balaban J connectivity index is 1.34. The third-order valence-corrected chi connectivity index (χ3v) is 7.42. The zero-order valence-corrected chi connectivity index (χ0v) is 18.1. The minimum atomic E-state index is -3.63. The largest absolute Gasteiger partial charge is 0.416 e. The summed E-state index contributed by atoms with van der Waals surface area (Å²) in [6.45, 7) is 2.15. The third-order valence-electron chi connectivity index (χ3n) is 5.52. The van der Waals surface area contributed by atoms with Gasteiger partial charge in [-0.1, -0.05) is 42.5 Å². The van der Waals surface area contributed by atoms with Crippen LogP contribution in [0.5, 0.6) is 0 Å². The molecule has 0 unspecified atom stereocenters. The van der Waals surface area contributed by atoms with E-state index in [1.807, 2.05) is 60.7 Å². The fraction of sp³-hybridized carbons (Fsp3) is 0.167. The average Bonchev–Trinajstić information content (AvgIpc) is 3.36. The van der Waals surface area contributed by atoms with Crippen molar-refractivity contribution < 1.29 is 12.8 Å². The minimum Gasteiger partial charge on any atom is -0.416 e. The van der Waals surface area contributed by atoms with Crippen LogP contribution in [0.15, 0.2) is 94.2 Å². The fourth-order valence-electron chi connectivity index (χ4n) is 3.80. The van der Waals surface area contributed by atoms with Crippen molar-refractivity contribution in [2.24, 2.45) is 0 Å². The van der Waals surface area contributed by atoms with E-state index in [2.05, 4.69) is 15.1 Å². The molecule has 5 rings (SSSR count). The summed E-state index contributed by atoms with van der Waals surface area (Å²) in [5, 5.41) is 8.21. The van der Waals surface area contributed by atoms with Gasteiger partial charge in [0.1, 0.15) is 0 Å². The van der Waals surface area contributed by atoms with Gasteiger partial charge in [-0.15, -0.1) is 10.2 Å². The molecule has 0 atom stereocenters. The predicted molar refractivity (Wildman–Crippen MR) is 123 cm³/mol. The van der Waals surface area contributed by atoms with Crippen LogP contribution in [-0.4, -0.2) is 49.1 Å². The maximum Gasteiger partial charge on any atom is 0.248 e. The van der Waals surface area contributed by atoms with E-state index in [1.54, 1.807) is 24.3 Å². The Bertz CT molecular complexity index is 1300. The van der Waals surface area contributed by atoms with Crippen molar-refractivity contribution in [1.82, 2.24) is 14.5 Å². The molecule has 1 aliphatic heterocycles. The number of para-hydroxylation sites is 1. The predicted octanol–water partition coefficient (Wildman–Crippen LogP) is 3.91. The van der Waals surface area contributed by atoms with Gasteiger partial charge in [-0.25, -0.2) is 8.42 Å². The molecule has 0 saturated carbocycles. The van der Waals surface area contributed by atoms with E-state index in [1.165, 1.54) is 4.31 Å². The van der Waals surface area contributed by atoms with Crippen molar-refractivity contribution in [3.05, 3.63) is 84.9 Å². The molecular weight excluding hydrogens is 424 g/mol. The van der Waals surface area contributed by atoms with Crippen LogP contribution in [0, 0.1) is 0 Å². The minimum absolute atomic E-state index is 0.225. The molecular formula is C24H22N4O3S. The molecule has 0 bridgehead atoms. The summed E-state index contributed by atoms with van der Waals surface area (Å²) >= 11 is 0. The second-order valence-corrected chi connectivity index (χ2v) is 9.47. The zero-order valence-electron chi connectivity index (χ0n) is 17.3. The van der Waals surface area contributed by atoms with Crippen molar-refractivity contribution in [2.75, 3.05) is 31.1 Å². The van der Waals surface area contributed by atoms with Gasteiger partial charge in [0, 0.05) is 43.0 Å². The van der Waals surface area contributed by atoms with Gasteiger partial charge in [-0.05, 0) is 42.5 Å². The lowest BCUT2D eigenvalue weighted by atomic mass is 10.2. The SMILES string of the molecule is O=S(=O)(c1cccc(-c2nnc(-c3ccccc3)o2)c1)N1CCN(c2ccccc2)CC1. The van der Waals surface area contributed by atoms with Crippen LogP contribution in [-0.2, 0) is 10.0 Å². The Morgan fingerprint density at radius 1 is 0.688 bits per heavy atom. The third kappa shape index (κ3) is 4.02. The van der Waals surface area contributed by atoms with Crippen molar-refractivity contribution in [2.45, 2.75) is 4.90 Å². The van der Waals surface area contributed by atoms with Gasteiger partial charge in [-0.2, -0.15) is 4.31 Å². The molecule has 0 radical (unpaired) electrons. The van der Waals surface area contributed by atoms with Gasteiger partial charge in [0.05, 0.1) is 4.90 Å². The maximum absolute atomic E-state index is 13.3. The number of rotatable bonds is 5. The number of anilines is 1. The van der Waals surface area contributed by atoms with Gasteiger partial charge in [-0.3, -0.25) is 0 Å². The Kier molecular flexibility index (Phi) is 5.46. The highest BCUT2D eigenvalue weighted by molar-refractivity contribution is 7.89. The van der Waals surface area contributed by atoms with E-state index in [4.69, 9.17) is 4.42 Å². The van der Waals surface area contributed by atoms with Crippen molar-refractivity contribution in [1.29, 1.82) is 0 Å². The molecule has 0 N–H and O–H groups in total. The highest BCUT2D eigenvalue weighted by Gasteiger charge is 2.29. The molecule has 0 amide bonds. The van der Waals surface area contributed by atoms with E-state index in [-0.39, 0.29) is 10.8 Å². The van der Waals surface area contributed by atoms with Gasteiger partial charge >= 0.3 is 0 Å². The molecule has 1 fully saturated rings. The van der Waals surface area contributed by atoms with E-state index < -0.39 is 10.0 Å². The molecule has 1 saturated heterocycles. The molecule has 162 valence electrons. The van der Waals surface area contributed by atoms with Crippen molar-refractivity contribution in [3.8, 4) is 22.9 Å². The van der Waals surface area contributed by atoms with Crippen LogP contribution in [0.4, 0.5) is 5.69 Å². The first-order valence-electron chi connectivity index (χ1n) is 10.4. The Hall–Kier alpha value is -3.49. The lowest BCUT2D eigenvalue weighted by Gasteiger charge is -2.35. The summed E-state index contributed by atoms with van der Waals surface area (Å²) in [6.07, 6.45) is 0. The lowest BCUT2D eigenvalue weighted by Crippen LogP contribution is -2.48. The number of sulfonamides is 1. The van der Waals surface area contributed by atoms with Crippen LogP contribution in [0.1, 0.15) is 0 Å². The number of hydrogen-bond acceptors (Lipinski definition) is 6. The molecule has 4 aromatic rings. The molecule has 7 nitrogen and oxygen atoms in total. The Morgan fingerprint density at radius 3 is 1.97 bits per heavy atom. The Morgan fingerprint density at radius 2 is 1.28 bits per heavy atom. The van der Waals surface area contributed by atoms with Crippen molar-refractivity contribution in [3.63, 3.8) is 0 Å². The molecule has 32 heavy (non-hydrogen) atoms. The second kappa shape index (κ2) is 8.57. The van der Waals surface area contributed by atoms with Crippen LogP contribution >= 0.6 is 0 Å². The van der Waals surface area contributed by atoms with E-state index in [9.17, 15) is 8.42 Å². The van der Waals surface area contributed by atoms with E-state index >= 15 is 0 Å². The zero-order chi connectivity index (χ0) is 22.0. The van der Waals surface area contributed by atoms with Crippen molar-refractivity contribution >= 4 is 15.7 Å². The highest BCUT2D eigenvalue weighted by Crippen LogP contribution is 2.27. The molecule has 8 heteroatoms. The summed E-state index contributed by atoms with van der Waals surface area (Å²) in [6, 6.07) is 26.2. The number of benzene rings is 3. The quantitative estimate of drug-likeness (QED) is 0.462. The number of aromatic nitrogens is 2. The van der Waals surface area contributed by atoms with Gasteiger partial charge in [0.2, 0.25) is 21.8 Å². The standard InChI is InChI=1S/C24H22N4O3S/c29-32(30,28-16-14-27(15-17-28)21-11-5-2-6-12-21)22-13-7-10-20(18-22)24-26-25-23(31-24)19-8-3-1-4-9-19/h1-13,18H,14-17H2. The summed E-state index contributed by atoms with van der Waals surface area (Å²) < 4.78 is 33.9. The number of nitrogens with zero attached hydrogens (tertiary/aromatic N) is 4. The Labute approximate surface area is 187 Å². The maximum atomic E-state index is 13.3. The summed E-state index contributed by atoms with van der Waals surface area (Å²) in [5.74, 6) is 0.681. The first-order chi connectivity index (χ1) is 15.6. The fourth-order valence-corrected chi connectivity index (χ4v) is 5.27.